The molecule has 3 aromatic carbocycles. The SMILES string of the molecule is CC(C)c1ccc(NC(=S)NC(c2ccccc2)c2ccccc2)cc1. The fourth-order valence-corrected chi connectivity index (χ4v) is 3.14. The molecule has 3 aromatic rings. The van der Waals surface area contributed by atoms with Crippen molar-refractivity contribution in [1.82, 2.24) is 5.32 Å². The molecular formula is C23H24N2S. The summed E-state index contributed by atoms with van der Waals surface area (Å²) < 4.78 is 0. The van der Waals surface area contributed by atoms with Crippen LogP contribution in [0.4, 0.5) is 5.69 Å². The third-order valence-electron chi connectivity index (χ3n) is 4.38. The quantitative estimate of drug-likeness (QED) is 0.555. The second-order valence-corrected chi connectivity index (χ2v) is 7.04. The number of thiocarbonyl (C=S) groups is 1. The van der Waals surface area contributed by atoms with Crippen LogP contribution in [0.25, 0.3) is 0 Å². The van der Waals surface area contributed by atoms with Crippen molar-refractivity contribution in [2.75, 3.05) is 5.32 Å². The van der Waals surface area contributed by atoms with Crippen molar-refractivity contribution < 1.29 is 0 Å². The van der Waals surface area contributed by atoms with Gasteiger partial charge in [-0.3, -0.25) is 0 Å². The zero-order chi connectivity index (χ0) is 18.4. The van der Waals surface area contributed by atoms with E-state index in [-0.39, 0.29) is 6.04 Å². The lowest BCUT2D eigenvalue weighted by Gasteiger charge is -2.22. The third kappa shape index (κ3) is 4.70. The smallest absolute Gasteiger partial charge is 0.171 e. The van der Waals surface area contributed by atoms with Crippen LogP contribution in [0.1, 0.15) is 42.5 Å². The van der Waals surface area contributed by atoms with Crippen LogP contribution < -0.4 is 10.6 Å². The lowest BCUT2D eigenvalue weighted by atomic mass is 9.99. The van der Waals surface area contributed by atoms with Crippen molar-refractivity contribution >= 4 is 23.0 Å². The van der Waals surface area contributed by atoms with E-state index in [0.29, 0.717) is 11.0 Å². The molecule has 0 amide bonds. The van der Waals surface area contributed by atoms with Crippen LogP contribution in [0, 0.1) is 0 Å². The van der Waals surface area contributed by atoms with Crippen molar-refractivity contribution in [3.63, 3.8) is 0 Å². The summed E-state index contributed by atoms with van der Waals surface area (Å²) in [7, 11) is 0. The van der Waals surface area contributed by atoms with E-state index in [4.69, 9.17) is 12.2 Å². The van der Waals surface area contributed by atoms with Crippen LogP contribution in [0.3, 0.4) is 0 Å². The molecule has 3 rings (SSSR count). The summed E-state index contributed by atoms with van der Waals surface area (Å²) in [5.41, 5.74) is 4.67. The van der Waals surface area contributed by atoms with Crippen molar-refractivity contribution in [3.05, 3.63) is 102 Å². The first kappa shape index (κ1) is 18.2. The molecular weight excluding hydrogens is 336 g/mol. The normalized spacial score (nSPS) is 10.8. The molecule has 0 fully saturated rings. The number of benzene rings is 3. The highest BCUT2D eigenvalue weighted by atomic mass is 32.1. The molecule has 2 nitrogen and oxygen atoms in total. The highest BCUT2D eigenvalue weighted by Gasteiger charge is 2.14. The van der Waals surface area contributed by atoms with E-state index >= 15 is 0 Å². The number of hydrogen-bond acceptors (Lipinski definition) is 1. The Labute approximate surface area is 161 Å². The number of hydrogen-bond donors (Lipinski definition) is 2. The zero-order valence-corrected chi connectivity index (χ0v) is 16.0. The molecule has 0 unspecified atom stereocenters. The predicted octanol–water partition coefficient (Wildman–Crippen LogP) is 5.89. The van der Waals surface area contributed by atoms with Gasteiger partial charge >= 0.3 is 0 Å². The Morgan fingerprint density at radius 3 is 1.65 bits per heavy atom. The molecule has 3 heteroatoms. The maximum absolute atomic E-state index is 5.57. The van der Waals surface area contributed by atoms with Crippen molar-refractivity contribution in [2.45, 2.75) is 25.8 Å². The van der Waals surface area contributed by atoms with Crippen molar-refractivity contribution in [1.29, 1.82) is 0 Å². The van der Waals surface area contributed by atoms with Crippen LogP contribution in [0.2, 0.25) is 0 Å². The lowest BCUT2D eigenvalue weighted by Crippen LogP contribution is -2.33. The minimum atomic E-state index is 0.00679. The van der Waals surface area contributed by atoms with E-state index in [0.717, 1.165) is 5.69 Å². The third-order valence-corrected chi connectivity index (χ3v) is 4.60. The number of nitrogens with one attached hydrogen (secondary N) is 2. The molecule has 0 aliphatic rings. The van der Waals surface area contributed by atoms with Crippen molar-refractivity contribution in [3.8, 4) is 0 Å². The molecule has 2 N–H and O–H groups in total. The fraction of sp³-hybridized carbons (Fsp3) is 0.174. The topological polar surface area (TPSA) is 24.1 Å². The van der Waals surface area contributed by atoms with E-state index < -0.39 is 0 Å². The Balaban J connectivity index is 1.75. The molecule has 0 saturated carbocycles. The Bertz CT molecular complexity index is 788. The average molecular weight is 361 g/mol. The highest BCUT2D eigenvalue weighted by molar-refractivity contribution is 7.80. The van der Waals surface area contributed by atoms with Gasteiger partial charge in [-0.05, 0) is 47.0 Å². The maximum atomic E-state index is 5.57. The summed E-state index contributed by atoms with van der Waals surface area (Å²) in [6.07, 6.45) is 0. The molecule has 0 atom stereocenters. The average Bonchev–Trinajstić information content (AvgIpc) is 2.68. The first-order chi connectivity index (χ1) is 12.6. The molecule has 0 spiro atoms. The number of rotatable bonds is 5. The van der Waals surface area contributed by atoms with Gasteiger partial charge in [-0.15, -0.1) is 0 Å². The van der Waals surface area contributed by atoms with Gasteiger partial charge in [0.1, 0.15) is 0 Å². The molecule has 132 valence electrons. The molecule has 0 aliphatic carbocycles. The minimum Gasteiger partial charge on any atom is -0.352 e. The monoisotopic (exact) mass is 360 g/mol. The number of anilines is 1. The van der Waals surface area contributed by atoms with E-state index in [1.165, 1.54) is 16.7 Å². The first-order valence-electron chi connectivity index (χ1n) is 8.91. The predicted molar refractivity (Wildman–Crippen MR) is 115 cm³/mol. The maximum Gasteiger partial charge on any atom is 0.171 e. The van der Waals surface area contributed by atoms with Gasteiger partial charge in [0, 0.05) is 5.69 Å². The summed E-state index contributed by atoms with van der Waals surface area (Å²) in [5, 5.41) is 7.37. The van der Waals surface area contributed by atoms with Crippen LogP contribution >= 0.6 is 12.2 Å². The van der Waals surface area contributed by atoms with E-state index in [2.05, 4.69) is 73.0 Å². The van der Waals surface area contributed by atoms with Gasteiger partial charge in [-0.25, -0.2) is 0 Å². The molecule has 0 bridgehead atoms. The molecule has 0 heterocycles. The first-order valence-corrected chi connectivity index (χ1v) is 9.31. The van der Waals surface area contributed by atoms with Gasteiger partial charge in [0.25, 0.3) is 0 Å². The minimum absolute atomic E-state index is 0.00679. The second kappa shape index (κ2) is 8.63. The van der Waals surface area contributed by atoms with Crippen LogP contribution in [-0.4, -0.2) is 5.11 Å². The van der Waals surface area contributed by atoms with E-state index in [1.807, 2.05) is 36.4 Å². The van der Waals surface area contributed by atoms with Gasteiger partial charge in [0.05, 0.1) is 6.04 Å². The summed E-state index contributed by atoms with van der Waals surface area (Å²) in [4.78, 5) is 0. The van der Waals surface area contributed by atoms with Crippen molar-refractivity contribution in [2.24, 2.45) is 0 Å². The summed E-state index contributed by atoms with van der Waals surface area (Å²) in [5.74, 6) is 0.523. The van der Waals surface area contributed by atoms with Crippen LogP contribution in [0.5, 0.6) is 0 Å². The van der Waals surface area contributed by atoms with E-state index in [9.17, 15) is 0 Å². The Morgan fingerprint density at radius 2 is 1.19 bits per heavy atom. The molecule has 0 aliphatic heterocycles. The van der Waals surface area contributed by atoms with Gasteiger partial charge in [-0.2, -0.15) is 0 Å². The fourth-order valence-electron chi connectivity index (χ4n) is 2.90. The second-order valence-electron chi connectivity index (χ2n) is 6.63. The van der Waals surface area contributed by atoms with E-state index in [1.54, 1.807) is 0 Å². The Hall–Kier alpha value is -2.65. The van der Waals surface area contributed by atoms with Gasteiger partial charge in [0.15, 0.2) is 5.11 Å². The lowest BCUT2D eigenvalue weighted by molar-refractivity contribution is 0.768. The summed E-state index contributed by atoms with van der Waals surface area (Å²) >= 11 is 5.57. The molecule has 0 aromatic heterocycles. The summed E-state index contributed by atoms with van der Waals surface area (Å²) in [6, 6.07) is 29.1. The highest BCUT2D eigenvalue weighted by Crippen LogP contribution is 2.22. The van der Waals surface area contributed by atoms with Gasteiger partial charge in [-0.1, -0.05) is 86.6 Å². The van der Waals surface area contributed by atoms with Gasteiger partial charge < -0.3 is 10.6 Å². The standard InChI is InChI=1S/C23H24N2S/c1-17(2)18-13-15-21(16-14-18)24-23(26)25-22(19-9-5-3-6-10-19)20-11-7-4-8-12-20/h3-17,22H,1-2H3,(H2,24,25,26). The molecule has 26 heavy (non-hydrogen) atoms. The molecule has 0 radical (unpaired) electrons. The Kier molecular flexibility index (Phi) is 6.03. The van der Waals surface area contributed by atoms with Crippen LogP contribution in [0.15, 0.2) is 84.9 Å². The molecule has 0 saturated heterocycles. The largest absolute Gasteiger partial charge is 0.352 e. The summed E-state index contributed by atoms with van der Waals surface area (Å²) in [6.45, 7) is 4.39. The van der Waals surface area contributed by atoms with Crippen LogP contribution in [-0.2, 0) is 0 Å². The zero-order valence-electron chi connectivity index (χ0n) is 15.1. The van der Waals surface area contributed by atoms with Gasteiger partial charge in [0.2, 0.25) is 0 Å². The Morgan fingerprint density at radius 1 is 0.692 bits per heavy atom.